The number of rotatable bonds is 1. The van der Waals surface area contributed by atoms with Crippen LogP contribution in [-0.4, -0.2) is 28.6 Å². The maximum atomic E-state index is 4.39. The van der Waals surface area contributed by atoms with Crippen LogP contribution in [0.3, 0.4) is 0 Å². The van der Waals surface area contributed by atoms with Gasteiger partial charge in [-0.15, -0.1) is 5.10 Å². The number of fused-ring (bicyclic) bond motifs is 2. The third-order valence-corrected chi connectivity index (χ3v) is 4.12. The standard InChI is InChI=1S/C16H16N4/c1-19-11-10-15(12-6-2-4-8-14(12)19)20-16-9-5-3-7-13(16)17-18-20/h2-9,15H,10-11H2,1H3. The lowest BCUT2D eigenvalue weighted by molar-refractivity contribution is 0.475. The Kier molecular flexibility index (Phi) is 2.49. The van der Waals surface area contributed by atoms with E-state index in [0.29, 0.717) is 0 Å². The first-order chi connectivity index (χ1) is 9.84. The fourth-order valence-corrected chi connectivity index (χ4v) is 3.08. The van der Waals surface area contributed by atoms with E-state index < -0.39 is 0 Å². The van der Waals surface area contributed by atoms with Gasteiger partial charge in [0.2, 0.25) is 0 Å². The molecular weight excluding hydrogens is 248 g/mol. The zero-order valence-corrected chi connectivity index (χ0v) is 11.4. The van der Waals surface area contributed by atoms with Crippen molar-refractivity contribution in [2.24, 2.45) is 0 Å². The predicted octanol–water partition coefficient (Wildman–Crippen LogP) is 2.86. The summed E-state index contributed by atoms with van der Waals surface area (Å²) < 4.78 is 2.07. The van der Waals surface area contributed by atoms with Crippen molar-refractivity contribution in [3.8, 4) is 0 Å². The highest BCUT2D eigenvalue weighted by atomic mass is 15.4. The zero-order chi connectivity index (χ0) is 13.5. The Hall–Kier alpha value is -2.36. The quantitative estimate of drug-likeness (QED) is 0.677. The van der Waals surface area contributed by atoms with Crippen LogP contribution in [-0.2, 0) is 0 Å². The van der Waals surface area contributed by atoms with Crippen LogP contribution >= 0.6 is 0 Å². The molecule has 0 aliphatic carbocycles. The SMILES string of the molecule is CN1CCC(n2nnc3ccccc32)c2ccccc21. The van der Waals surface area contributed by atoms with E-state index in [2.05, 4.69) is 57.3 Å². The van der Waals surface area contributed by atoms with Crippen molar-refractivity contribution in [3.05, 3.63) is 54.1 Å². The molecule has 2 heterocycles. The maximum absolute atomic E-state index is 4.39. The smallest absolute Gasteiger partial charge is 0.113 e. The molecule has 0 saturated heterocycles. The van der Waals surface area contributed by atoms with Crippen LogP contribution in [0.25, 0.3) is 11.0 Å². The van der Waals surface area contributed by atoms with Gasteiger partial charge in [-0.1, -0.05) is 35.5 Å². The minimum Gasteiger partial charge on any atom is -0.374 e. The van der Waals surface area contributed by atoms with E-state index >= 15 is 0 Å². The minimum atomic E-state index is 0.273. The van der Waals surface area contributed by atoms with Gasteiger partial charge in [-0.05, 0) is 24.6 Å². The molecule has 1 aliphatic heterocycles. The van der Waals surface area contributed by atoms with Crippen molar-refractivity contribution in [2.45, 2.75) is 12.5 Å². The highest BCUT2D eigenvalue weighted by Crippen LogP contribution is 2.36. The average Bonchev–Trinajstić information content (AvgIpc) is 2.92. The van der Waals surface area contributed by atoms with E-state index in [0.717, 1.165) is 24.0 Å². The summed E-state index contributed by atoms with van der Waals surface area (Å²) in [4.78, 5) is 2.31. The van der Waals surface area contributed by atoms with Gasteiger partial charge in [0.25, 0.3) is 0 Å². The Balaban J connectivity index is 1.89. The third kappa shape index (κ3) is 1.61. The molecule has 0 N–H and O–H groups in total. The second-order valence-electron chi connectivity index (χ2n) is 5.31. The molecule has 2 aromatic carbocycles. The Morgan fingerprint density at radius 3 is 2.80 bits per heavy atom. The molecule has 0 radical (unpaired) electrons. The Bertz CT molecular complexity index is 762. The molecule has 1 unspecified atom stereocenters. The van der Waals surface area contributed by atoms with Crippen molar-refractivity contribution < 1.29 is 0 Å². The number of hydrogen-bond acceptors (Lipinski definition) is 3. The Morgan fingerprint density at radius 1 is 1.05 bits per heavy atom. The summed E-state index contributed by atoms with van der Waals surface area (Å²) >= 11 is 0. The molecule has 4 heteroatoms. The molecule has 0 amide bonds. The Morgan fingerprint density at radius 2 is 1.85 bits per heavy atom. The second-order valence-corrected chi connectivity index (χ2v) is 5.31. The van der Waals surface area contributed by atoms with Crippen molar-refractivity contribution in [2.75, 3.05) is 18.5 Å². The van der Waals surface area contributed by atoms with Gasteiger partial charge in [0.15, 0.2) is 0 Å². The summed E-state index contributed by atoms with van der Waals surface area (Å²) in [6.45, 7) is 1.04. The molecule has 100 valence electrons. The highest BCUT2D eigenvalue weighted by Gasteiger charge is 2.26. The largest absolute Gasteiger partial charge is 0.374 e. The first-order valence-corrected chi connectivity index (χ1v) is 6.94. The molecule has 0 bridgehead atoms. The molecule has 0 fully saturated rings. The van der Waals surface area contributed by atoms with Gasteiger partial charge in [0.05, 0.1) is 11.6 Å². The van der Waals surface area contributed by atoms with Crippen LogP contribution in [0.15, 0.2) is 48.5 Å². The molecule has 4 nitrogen and oxygen atoms in total. The molecule has 1 aliphatic rings. The minimum absolute atomic E-state index is 0.273. The molecule has 20 heavy (non-hydrogen) atoms. The fraction of sp³-hybridized carbons (Fsp3) is 0.250. The topological polar surface area (TPSA) is 34.0 Å². The van der Waals surface area contributed by atoms with E-state index in [1.54, 1.807) is 0 Å². The molecule has 1 atom stereocenters. The van der Waals surface area contributed by atoms with Gasteiger partial charge in [0.1, 0.15) is 5.52 Å². The summed E-state index contributed by atoms with van der Waals surface area (Å²) in [7, 11) is 2.15. The summed E-state index contributed by atoms with van der Waals surface area (Å²) in [6.07, 6.45) is 1.06. The van der Waals surface area contributed by atoms with Gasteiger partial charge in [-0.3, -0.25) is 0 Å². The van der Waals surface area contributed by atoms with E-state index in [1.807, 2.05) is 18.2 Å². The van der Waals surface area contributed by atoms with Crippen LogP contribution in [0, 0.1) is 0 Å². The Labute approximate surface area is 117 Å². The lowest BCUT2D eigenvalue weighted by Gasteiger charge is -2.33. The number of hydrogen-bond donors (Lipinski definition) is 0. The molecular formula is C16H16N4. The summed E-state index contributed by atoms with van der Waals surface area (Å²) in [5, 5.41) is 8.68. The maximum Gasteiger partial charge on any atom is 0.113 e. The number of para-hydroxylation sites is 2. The van der Waals surface area contributed by atoms with E-state index in [-0.39, 0.29) is 6.04 Å². The van der Waals surface area contributed by atoms with Crippen molar-refractivity contribution >= 4 is 16.7 Å². The van der Waals surface area contributed by atoms with E-state index in [1.165, 1.54) is 11.3 Å². The number of aromatic nitrogens is 3. The van der Waals surface area contributed by atoms with Gasteiger partial charge < -0.3 is 4.90 Å². The summed E-state index contributed by atoms with van der Waals surface area (Å²) in [5.41, 5.74) is 4.70. The second kappa shape index (κ2) is 4.34. The van der Waals surface area contributed by atoms with E-state index in [9.17, 15) is 0 Å². The molecule has 4 rings (SSSR count). The molecule has 1 aromatic heterocycles. The van der Waals surface area contributed by atoms with Gasteiger partial charge in [-0.2, -0.15) is 0 Å². The molecule has 3 aromatic rings. The lowest BCUT2D eigenvalue weighted by Crippen LogP contribution is -2.30. The van der Waals surface area contributed by atoms with Crippen molar-refractivity contribution in [1.29, 1.82) is 0 Å². The van der Waals surface area contributed by atoms with Gasteiger partial charge >= 0.3 is 0 Å². The van der Waals surface area contributed by atoms with Gasteiger partial charge in [0, 0.05) is 24.8 Å². The number of nitrogens with zero attached hydrogens (tertiary/aromatic N) is 4. The first kappa shape index (κ1) is 11.5. The van der Waals surface area contributed by atoms with E-state index in [4.69, 9.17) is 0 Å². The molecule has 0 spiro atoms. The van der Waals surface area contributed by atoms with Crippen LogP contribution in [0.5, 0.6) is 0 Å². The zero-order valence-electron chi connectivity index (χ0n) is 11.4. The first-order valence-electron chi connectivity index (χ1n) is 6.94. The van der Waals surface area contributed by atoms with Gasteiger partial charge in [-0.25, -0.2) is 4.68 Å². The molecule has 0 saturated carbocycles. The fourth-order valence-electron chi connectivity index (χ4n) is 3.08. The average molecular weight is 264 g/mol. The normalized spacial score (nSPS) is 18.2. The van der Waals surface area contributed by atoms with Crippen LogP contribution in [0.1, 0.15) is 18.0 Å². The third-order valence-electron chi connectivity index (χ3n) is 4.12. The van der Waals surface area contributed by atoms with Crippen LogP contribution < -0.4 is 4.90 Å². The highest BCUT2D eigenvalue weighted by molar-refractivity contribution is 5.74. The van der Waals surface area contributed by atoms with Crippen molar-refractivity contribution in [1.82, 2.24) is 15.0 Å². The summed E-state index contributed by atoms with van der Waals surface area (Å²) in [6, 6.07) is 17.0. The van der Waals surface area contributed by atoms with Crippen molar-refractivity contribution in [3.63, 3.8) is 0 Å². The monoisotopic (exact) mass is 264 g/mol. The van der Waals surface area contributed by atoms with Crippen LogP contribution in [0.4, 0.5) is 5.69 Å². The summed E-state index contributed by atoms with van der Waals surface area (Å²) in [5.74, 6) is 0. The number of anilines is 1. The predicted molar refractivity (Wildman–Crippen MR) is 80.0 cm³/mol. The lowest BCUT2D eigenvalue weighted by atomic mass is 9.97. The number of benzene rings is 2. The van der Waals surface area contributed by atoms with Crippen LogP contribution in [0.2, 0.25) is 0 Å².